The van der Waals surface area contributed by atoms with Crippen LogP contribution >= 0.6 is 0 Å². The molecule has 1 aliphatic heterocycles. The average molecular weight is 293 g/mol. The summed E-state index contributed by atoms with van der Waals surface area (Å²) >= 11 is 0. The molecular formula is C16H20FNO3. The molecule has 0 bridgehead atoms. The van der Waals surface area contributed by atoms with Gasteiger partial charge in [0.05, 0.1) is 6.10 Å². The first-order valence-electron chi connectivity index (χ1n) is 6.98. The maximum absolute atomic E-state index is 13.4. The minimum atomic E-state index is -1.05. The lowest BCUT2D eigenvalue weighted by atomic mass is 10.0. The van der Waals surface area contributed by atoms with E-state index in [2.05, 4.69) is 4.90 Å². The highest BCUT2D eigenvalue weighted by Crippen LogP contribution is 2.22. The third-order valence-corrected chi connectivity index (χ3v) is 3.84. The molecule has 2 unspecified atom stereocenters. The lowest BCUT2D eigenvalue weighted by Crippen LogP contribution is -2.36. The van der Waals surface area contributed by atoms with E-state index in [1.54, 1.807) is 6.07 Å². The maximum atomic E-state index is 13.4. The van der Waals surface area contributed by atoms with Gasteiger partial charge in [-0.1, -0.05) is 6.07 Å². The third-order valence-electron chi connectivity index (χ3n) is 3.84. The Morgan fingerprint density at radius 3 is 2.95 bits per heavy atom. The Hall–Kier alpha value is -1.72. The average Bonchev–Trinajstić information content (AvgIpc) is 2.85. The summed E-state index contributed by atoms with van der Waals surface area (Å²) in [6.45, 7) is 3.42. The summed E-state index contributed by atoms with van der Waals surface area (Å²) in [5.41, 5.74) is 1.49. The number of hydrogen-bond acceptors (Lipinski definition) is 3. The van der Waals surface area contributed by atoms with E-state index >= 15 is 0 Å². The van der Waals surface area contributed by atoms with E-state index in [0.717, 1.165) is 24.7 Å². The molecule has 0 spiro atoms. The van der Waals surface area contributed by atoms with Gasteiger partial charge in [-0.3, -0.25) is 4.90 Å². The summed E-state index contributed by atoms with van der Waals surface area (Å²) in [6, 6.07) is 4.78. The predicted octanol–water partition coefficient (Wildman–Crippen LogP) is 2.53. The van der Waals surface area contributed by atoms with Crippen LogP contribution < -0.4 is 0 Å². The van der Waals surface area contributed by atoms with Crippen molar-refractivity contribution in [2.45, 2.75) is 32.0 Å². The zero-order valence-electron chi connectivity index (χ0n) is 12.3. The third kappa shape index (κ3) is 4.12. The fourth-order valence-electron chi connectivity index (χ4n) is 2.71. The normalized spacial score (nSPS) is 22.3. The van der Waals surface area contributed by atoms with Gasteiger partial charge in [0.25, 0.3) is 0 Å². The molecule has 1 aliphatic rings. The summed E-state index contributed by atoms with van der Waals surface area (Å²) in [7, 11) is 2.00. The van der Waals surface area contributed by atoms with E-state index in [4.69, 9.17) is 9.84 Å². The van der Waals surface area contributed by atoms with E-state index < -0.39 is 5.97 Å². The van der Waals surface area contributed by atoms with Gasteiger partial charge >= 0.3 is 5.97 Å². The monoisotopic (exact) mass is 293 g/mol. The summed E-state index contributed by atoms with van der Waals surface area (Å²) in [5, 5.41) is 8.72. The van der Waals surface area contributed by atoms with Crippen LogP contribution in [-0.4, -0.2) is 41.8 Å². The summed E-state index contributed by atoms with van der Waals surface area (Å²) in [5.74, 6) is -1.42. The lowest BCUT2D eigenvalue weighted by molar-refractivity contribution is -0.131. The number of carbonyl (C=O) groups is 1. The first-order valence-corrected chi connectivity index (χ1v) is 6.98. The molecule has 0 saturated carbocycles. The number of carboxylic acids is 1. The Bertz CT molecular complexity index is 544. The van der Waals surface area contributed by atoms with Crippen molar-refractivity contribution >= 4 is 12.0 Å². The van der Waals surface area contributed by atoms with Gasteiger partial charge < -0.3 is 9.84 Å². The summed E-state index contributed by atoms with van der Waals surface area (Å²) in [4.78, 5) is 12.8. The molecule has 114 valence electrons. The van der Waals surface area contributed by atoms with Gasteiger partial charge in [-0.25, -0.2) is 9.18 Å². The van der Waals surface area contributed by atoms with Crippen molar-refractivity contribution in [2.75, 3.05) is 13.7 Å². The molecule has 1 heterocycles. The number of nitrogens with zero attached hydrogens (tertiary/aromatic N) is 1. The number of carboxylic acid groups (broad SMARTS) is 1. The van der Waals surface area contributed by atoms with Crippen LogP contribution in [-0.2, 0) is 16.1 Å². The van der Waals surface area contributed by atoms with Crippen molar-refractivity contribution in [1.29, 1.82) is 0 Å². The highest BCUT2D eigenvalue weighted by Gasteiger charge is 2.27. The van der Waals surface area contributed by atoms with Crippen LogP contribution in [0.4, 0.5) is 4.39 Å². The summed E-state index contributed by atoms with van der Waals surface area (Å²) in [6.07, 6.45) is 3.61. The second-order valence-electron chi connectivity index (χ2n) is 5.36. The molecule has 0 aliphatic carbocycles. The Morgan fingerprint density at radius 2 is 2.33 bits per heavy atom. The van der Waals surface area contributed by atoms with Gasteiger partial charge in [0.2, 0.25) is 0 Å². The molecule has 1 aromatic carbocycles. The molecule has 1 fully saturated rings. The largest absolute Gasteiger partial charge is 0.478 e. The number of rotatable bonds is 5. The molecular weight excluding hydrogens is 273 g/mol. The first-order chi connectivity index (χ1) is 9.97. The molecule has 21 heavy (non-hydrogen) atoms. The lowest BCUT2D eigenvalue weighted by Gasteiger charge is -2.27. The van der Waals surface area contributed by atoms with Crippen LogP contribution in [0.25, 0.3) is 6.08 Å². The minimum Gasteiger partial charge on any atom is -0.478 e. The maximum Gasteiger partial charge on any atom is 0.328 e. The number of hydrogen-bond donors (Lipinski definition) is 1. The topological polar surface area (TPSA) is 49.8 Å². The minimum absolute atomic E-state index is 0.175. The van der Waals surface area contributed by atoms with Crippen molar-refractivity contribution in [3.8, 4) is 0 Å². The zero-order valence-corrected chi connectivity index (χ0v) is 12.3. The Balaban J connectivity index is 2.16. The molecule has 1 N–H and O–H groups in total. The van der Waals surface area contributed by atoms with Gasteiger partial charge in [0, 0.05) is 25.3 Å². The van der Waals surface area contributed by atoms with Crippen molar-refractivity contribution in [2.24, 2.45) is 0 Å². The molecule has 0 amide bonds. The highest BCUT2D eigenvalue weighted by molar-refractivity contribution is 5.85. The quantitative estimate of drug-likeness (QED) is 0.848. The number of ether oxygens (including phenoxy) is 1. The van der Waals surface area contributed by atoms with Crippen molar-refractivity contribution < 1.29 is 19.0 Å². The van der Waals surface area contributed by atoms with E-state index in [0.29, 0.717) is 18.2 Å². The van der Waals surface area contributed by atoms with Gasteiger partial charge in [-0.05, 0) is 49.7 Å². The van der Waals surface area contributed by atoms with Crippen LogP contribution in [0.1, 0.15) is 24.5 Å². The molecule has 1 aromatic rings. The first kappa shape index (κ1) is 15.7. The molecule has 4 nitrogen and oxygen atoms in total. The van der Waals surface area contributed by atoms with Crippen LogP contribution in [0.3, 0.4) is 0 Å². The number of aliphatic carboxylic acids is 1. The van der Waals surface area contributed by atoms with E-state index in [9.17, 15) is 9.18 Å². The fraction of sp³-hybridized carbons (Fsp3) is 0.438. The summed E-state index contributed by atoms with van der Waals surface area (Å²) < 4.78 is 18.9. The highest BCUT2D eigenvalue weighted by atomic mass is 19.1. The molecule has 5 heteroatoms. The van der Waals surface area contributed by atoms with Gasteiger partial charge in [-0.15, -0.1) is 0 Å². The Labute approximate surface area is 123 Å². The predicted molar refractivity (Wildman–Crippen MR) is 78.4 cm³/mol. The van der Waals surface area contributed by atoms with Crippen molar-refractivity contribution in [3.05, 3.63) is 41.2 Å². The number of likely N-dealkylation sites (N-methyl/N-ethyl adjacent to an activating group) is 1. The molecule has 1 saturated heterocycles. The second kappa shape index (κ2) is 6.83. The number of halogens is 1. The van der Waals surface area contributed by atoms with Crippen LogP contribution in [0.2, 0.25) is 0 Å². The zero-order chi connectivity index (χ0) is 15.4. The van der Waals surface area contributed by atoms with E-state index in [-0.39, 0.29) is 11.9 Å². The van der Waals surface area contributed by atoms with Crippen LogP contribution in [0.15, 0.2) is 24.3 Å². The van der Waals surface area contributed by atoms with Gasteiger partial charge in [0.1, 0.15) is 5.82 Å². The number of benzene rings is 1. The molecule has 2 rings (SSSR count). The smallest absolute Gasteiger partial charge is 0.328 e. The van der Waals surface area contributed by atoms with Gasteiger partial charge in [-0.2, -0.15) is 0 Å². The van der Waals surface area contributed by atoms with Crippen LogP contribution in [0.5, 0.6) is 0 Å². The molecule has 0 radical (unpaired) electrons. The van der Waals surface area contributed by atoms with Crippen molar-refractivity contribution in [1.82, 2.24) is 4.90 Å². The van der Waals surface area contributed by atoms with Crippen LogP contribution in [0, 0.1) is 5.82 Å². The Morgan fingerprint density at radius 1 is 1.57 bits per heavy atom. The SMILES string of the molecule is CC1OCCC1N(C)Cc1ccc(F)cc1/C=C/C(=O)O. The van der Waals surface area contributed by atoms with Gasteiger partial charge in [0.15, 0.2) is 0 Å². The van der Waals surface area contributed by atoms with E-state index in [1.165, 1.54) is 18.2 Å². The fourth-order valence-corrected chi connectivity index (χ4v) is 2.71. The van der Waals surface area contributed by atoms with E-state index in [1.807, 2.05) is 14.0 Å². The standard InChI is InChI=1S/C16H20FNO3/c1-11-15(7-8-21-11)18(2)10-13-3-5-14(17)9-12(13)4-6-16(19)20/h3-6,9,11,15H,7-8,10H2,1-2H3,(H,19,20)/b6-4+. The second-order valence-corrected chi connectivity index (χ2v) is 5.36. The van der Waals surface area contributed by atoms with Crippen molar-refractivity contribution in [3.63, 3.8) is 0 Å². The Kier molecular flexibility index (Phi) is 5.09. The molecule has 0 aromatic heterocycles. The molecule has 2 atom stereocenters.